The van der Waals surface area contributed by atoms with Crippen LogP contribution in [0.15, 0.2) is 52.6 Å². The Labute approximate surface area is 150 Å². The lowest BCUT2D eigenvalue weighted by atomic mass is 10.1. The van der Waals surface area contributed by atoms with E-state index in [9.17, 15) is 23.3 Å². The average molecular weight is 376 g/mol. The van der Waals surface area contributed by atoms with Crippen molar-refractivity contribution in [1.29, 1.82) is 0 Å². The number of amides is 1. The molecular weight excluding hydrogens is 360 g/mol. The van der Waals surface area contributed by atoms with Gasteiger partial charge in [-0.15, -0.1) is 4.40 Å². The molecule has 0 saturated carbocycles. The molecule has 2 aliphatic rings. The zero-order valence-corrected chi connectivity index (χ0v) is 14.7. The van der Waals surface area contributed by atoms with Crippen LogP contribution < -0.4 is 0 Å². The molecule has 1 aromatic rings. The Hall–Kier alpha value is -3.01. The number of hydrogen-bond donors (Lipinski definition) is 0. The molecule has 0 spiro atoms. The molecule has 1 aromatic carbocycles. The number of likely N-dealkylation sites (N-methyl/N-ethyl adjacent to an activating group) is 1. The summed E-state index contributed by atoms with van der Waals surface area (Å²) in [4.78, 5) is 26.1. The molecule has 0 unspecified atom stereocenters. The molecule has 0 aromatic heterocycles. The van der Waals surface area contributed by atoms with Gasteiger partial charge in [0.1, 0.15) is 0 Å². The van der Waals surface area contributed by atoms with Gasteiger partial charge in [0.15, 0.2) is 5.84 Å². The Morgan fingerprint density at radius 3 is 2.92 bits per heavy atom. The summed E-state index contributed by atoms with van der Waals surface area (Å²) in [6.45, 7) is 0.373. The van der Waals surface area contributed by atoms with Crippen LogP contribution in [0.3, 0.4) is 0 Å². The summed E-state index contributed by atoms with van der Waals surface area (Å²) in [7, 11) is -2.05. The summed E-state index contributed by atoms with van der Waals surface area (Å²) < 4.78 is 27.3. The van der Waals surface area contributed by atoms with Crippen LogP contribution in [0.4, 0.5) is 5.69 Å². The minimum Gasteiger partial charge on any atom is -0.337 e. The molecule has 0 N–H and O–H groups in total. The number of non-ortho nitro benzene ring substituents is 1. The maximum Gasteiger partial charge on any atom is 0.269 e. The highest BCUT2D eigenvalue weighted by Crippen LogP contribution is 2.20. The molecule has 0 saturated heterocycles. The van der Waals surface area contributed by atoms with Gasteiger partial charge in [-0.1, -0.05) is 12.1 Å². The number of nitrogens with zero attached hydrogens (tertiary/aromatic N) is 4. The van der Waals surface area contributed by atoms with E-state index in [0.29, 0.717) is 5.56 Å². The van der Waals surface area contributed by atoms with E-state index in [1.165, 1.54) is 23.1 Å². The van der Waals surface area contributed by atoms with Gasteiger partial charge in [0.25, 0.3) is 21.6 Å². The molecule has 9 nitrogen and oxygen atoms in total. The van der Waals surface area contributed by atoms with Crippen LogP contribution in [-0.2, 0) is 21.4 Å². The molecule has 26 heavy (non-hydrogen) atoms. The van der Waals surface area contributed by atoms with Crippen molar-refractivity contribution in [2.45, 2.75) is 6.54 Å². The van der Waals surface area contributed by atoms with Crippen LogP contribution in [0.1, 0.15) is 5.56 Å². The second-order valence-corrected chi connectivity index (χ2v) is 7.66. The number of carbonyl (C=O) groups excluding carboxylic acids is 1. The number of benzene rings is 1. The first-order chi connectivity index (χ1) is 12.3. The Kier molecular flexibility index (Phi) is 4.60. The van der Waals surface area contributed by atoms with Crippen LogP contribution in [-0.4, -0.2) is 54.2 Å². The van der Waals surface area contributed by atoms with Crippen molar-refractivity contribution in [3.05, 3.63) is 63.9 Å². The minimum atomic E-state index is -3.59. The van der Waals surface area contributed by atoms with E-state index >= 15 is 0 Å². The quantitative estimate of drug-likeness (QED) is 0.573. The number of sulfonamides is 1. The number of rotatable bonds is 4. The fourth-order valence-corrected chi connectivity index (χ4v) is 3.69. The van der Waals surface area contributed by atoms with Crippen molar-refractivity contribution in [3.63, 3.8) is 0 Å². The van der Waals surface area contributed by atoms with Crippen LogP contribution in [0, 0.1) is 10.1 Å². The molecular formula is C16H16N4O5S. The molecule has 1 amide bonds. The number of amidine groups is 1. The first-order valence-electron chi connectivity index (χ1n) is 7.74. The Balaban J connectivity index is 1.83. The third-order valence-corrected chi connectivity index (χ3v) is 5.13. The normalized spacial score (nSPS) is 17.8. The lowest BCUT2D eigenvalue weighted by Crippen LogP contribution is -2.42. The van der Waals surface area contributed by atoms with E-state index in [-0.39, 0.29) is 35.9 Å². The number of nitro benzene ring substituents is 1. The summed E-state index contributed by atoms with van der Waals surface area (Å²) in [6.07, 6.45) is 4.85. The third-order valence-electron chi connectivity index (χ3n) is 3.98. The summed E-state index contributed by atoms with van der Waals surface area (Å²) >= 11 is 0. The molecule has 0 aliphatic carbocycles. The third kappa shape index (κ3) is 3.64. The minimum absolute atomic E-state index is 0.0583. The molecule has 0 atom stereocenters. The topological polar surface area (TPSA) is 113 Å². The van der Waals surface area contributed by atoms with E-state index < -0.39 is 20.9 Å². The smallest absolute Gasteiger partial charge is 0.269 e. The van der Waals surface area contributed by atoms with Crippen LogP contribution >= 0.6 is 0 Å². The van der Waals surface area contributed by atoms with Crippen molar-refractivity contribution in [2.75, 3.05) is 19.3 Å². The first-order valence-corrected chi connectivity index (χ1v) is 9.35. The number of allylic oxidation sites excluding steroid dienone is 2. The maximum atomic E-state index is 12.8. The summed E-state index contributed by atoms with van der Waals surface area (Å²) in [5.74, 6) is -0.414. The monoisotopic (exact) mass is 376 g/mol. The Bertz CT molecular complexity index is 965. The predicted octanol–water partition coefficient (Wildman–Crippen LogP) is 1.05. The van der Waals surface area contributed by atoms with Crippen LogP contribution in [0.5, 0.6) is 0 Å². The van der Waals surface area contributed by atoms with Crippen molar-refractivity contribution in [1.82, 2.24) is 9.80 Å². The highest BCUT2D eigenvalue weighted by atomic mass is 32.2. The number of hydrogen-bond acceptors (Lipinski definition) is 6. The maximum absolute atomic E-state index is 12.8. The van der Waals surface area contributed by atoms with Gasteiger partial charge >= 0.3 is 0 Å². The summed E-state index contributed by atoms with van der Waals surface area (Å²) in [5, 5.41) is 10.9. The summed E-state index contributed by atoms with van der Waals surface area (Å²) in [6, 6.07) is 6.00. The molecule has 0 fully saturated rings. The van der Waals surface area contributed by atoms with Crippen LogP contribution in [0.2, 0.25) is 0 Å². The lowest BCUT2D eigenvalue weighted by Gasteiger charge is -2.30. The van der Waals surface area contributed by atoms with Crippen molar-refractivity contribution < 1.29 is 18.1 Å². The molecule has 136 valence electrons. The fourth-order valence-electron chi connectivity index (χ4n) is 2.70. The Morgan fingerprint density at radius 2 is 2.19 bits per heavy atom. The van der Waals surface area contributed by atoms with E-state index in [1.54, 1.807) is 36.4 Å². The number of fused-ring (bicyclic) bond motifs is 1. The lowest BCUT2D eigenvalue weighted by molar-refractivity contribution is -0.384. The first kappa shape index (κ1) is 17.8. The van der Waals surface area contributed by atoms with Gasteiger partial charge in [0.05, 0.1) is 16.2 Å². The van der Waals surface area contributed by atoms with E-state index in [2.05, 4.69) is 4.40 Å². The second kappa shape index (κ2) is 6.71. The van der Waals surface area contributed by atoms with Gasteiger partial charge in [-0.3, -0.25) is 14.9 Å². The highest BCUT2D eigenvalue weighted by Gasteiger charge is 2.31. The standard InChI is InChI=1S/C16H16N4O5S/c1-18(11-12-4-2-5-13(10-12)20(22)23)16(21)14-6-3-7-19-8-9-26(24,25)17-15(14)19/h2-7,10H,8-9,11H2,1H3. The average Bonchev–Trinajstić information content (AvgIpc) is 2.60. The molecule has 2 aliphatic heterocycles. The predicted molar refractivity (Wildman–Crippen MR) is 94.7 cm³/mol. The zero-order chi connectivity index (χ0) is 18.9. The fraction of sp³-hybridized carbons (Fsp3) is 0.250. The second-order valence-electron chi connectivity index (χ2n) is 5.90. The largest absolute Gasteiger partial charge is 0.337 e. The van der Waals surface area contributed by atoms with E-state index in [1.807, 2.05) is 0 Å². The molecule has 2 heterocycles. The van der Waals surface area contributed by atoms with Crippen molar-refractivity contribution in [2.24, 2.45) is 4.40 Å². The SMILES string of the molecule is CN(Cc1cccc([N+](=O)[O-])c1)C(=O)C1=CC=CN2CCS(=O)(=O)N=C12. The van der Waals surface area contributed by atoms with Crippen molar-refractivity contribution >= 4 is 27.5 Å². The highest BCUT2D eigenvalue weighted by molar-refractivity contribution is 7.90. The number of nitro groups is 1. The van der Waals surface area contributed by atoms with E-state index in [0.717, 1.165) is 0 Å². The molecule has 10 heteroatoms. The van der Waals surface area contributed by atoms with Gasteiger partial charge in [0.2, 0.25) is 0 Å². The van der Waals surface area contributed by atoms with Gasteiger partial charge in [-0.05, 0) is 17.7 Å². The molecule has 0 radical (unpaired) electrons. The van der Waals surface area contributed by atoms with Crippen LogP contribution in [0.25, 0.3) is 0 Å². The molecule has 3 rings (SSSR count). The van der Waals surface area contributed by atoms with Gasteiger partial charge in [-0.2, -0.15) is 0 Å². The zero-order valence-electron chi connectivity index (χ0n) is 13.9. The molecule has 0 bridgehead atoms. The number of carbonyl (C=O) groups is 1. The van der Waals surface area contributed by atoms with Gasteiger partial charge in [0, 0.05) is 38.5 Å². The Morgan fingerprint density at radius 1 is 1.42 bits per heavy atom. The van der Waals surface area contributed by atoms with E-state index in [4.69, 9.17) is 0 Å². The van der Waals surface area contributed by atoms with Gasteiger partial charge < -0.3 is 9.80 Å². The van der Waals surface area contributed by atoms with Gasteiger partial charge in [-0.25, -0.2) is 8.42 Å². The summed E-state index contributed by atoms with van der Waals surface area (Å²) in [5.41, 5.74) is 0.706. The van der Waals surface area contributed by atoms with Crippen molar-refractivity contribution in [3.8, 4) is 0 Å².